The Labute approximate surface area is 164 Å². The Balaban J connectivity index is 1.91. The van der Waals surface area contributed by atoms with E-state index in [1.165, 1.54) is 10.6 Å². The van der Waals surface area contributed by atoms with Gasteiger partial charge in [0.2, 0.25) is 10.0 Å². The standard InChI is InChI=1S/C19H22ClN3O3S/c1-12-9-14-10-13(5-7-17(14)23(12)27(4,25)26)19(24)21-16-11-15(20)6-8-18(16)22(2)3/h5-8,10-12H,9H2,1-4H3,(H,21,24). The molecule has 144 valence electrons. The van der Waals surface area contributed by atoms with Gasteiger partial charge in [-0.2, -0.15) is 0 Å². The largest absolute Gasteiger partial charge is 0.376 e. The molecule has 8 heteroatoms. The number of amides is 1. The molecule has 0 saturated carbocycles. The molecule has 1 atom stereocenters. The number of halogens is 1. The summed E-state index contributed by atoms with van der Waals surface area (Å²) in [6.07, 6.45) is 1.77. The van der Waals surface area contributed by atoms with Gasteiger partial charge in [-0.15, -0.1) is 0 Å². The number of carbonyl (C=O) groups excluding carboxylic acids is 1. The molecule has 0 radical (unpaired) electrons. The van der Waals surface area contributed by atoms with Crippen LogP contribution in [0.4, 0.5) is 17.1 Å². The van der Waals surface area contributed by atoms with E-state index in [1.807, 2.05) is 32.0 Å². The summed E-state index contributed by atoms with van der Waals surface area (Å²) in [5.41, 5.74) is 3.41. The first-order chi connectivity index (χ1) is 12.6. The molecule has 3 rings (SSSR count). The number of benzene rings is 2. The Bertz CT molecular complexity index is 1010. The zero-order valence-electron chi connectivity index (χ0n) is 15.7. The van der Waals surface area contributed by atoms with E-state index in [2.05, 4.69) is 5.32 Å². The van der Waals surface area contributed by atoms with Crippen LogP contribution in [0.15, 0.2) is 36.4 Å². The van der Waals surface area contributed by atoms with Crippen LogP contribution >= 0.6 is 11.6 Å². The van der Waals surface area contributed by atoms with Crippen molar-refractivity contribution in [3.63, 3.8) is 0 Å². The van der Waals surface area contributed by atoms with E-state index in [0.717, 1.165) is 11.3 Å². The van der Waals surface area contributed by atoms with Gasteiger partial charge in [-0.1, -0.05) is 11.6 Å². The number of carbonyl (C=O) groups is 1. The van der Waals surface area contributed by atoms with Crippen LogP contribution in [0.1, 0.15) is 22.8 Å². The predicted octanol–water partition coefficient (Wildman–Crippen LogP) is 3.37. The molecular weight excluding hydrogens is 386 g/mol. The van der Waals surface area contributed by atoms with Crippen molar-refractivity contribution >= 4 is 44.6 Å². The van der Waals surface area contributed by atoms with Gasteiger partial charge in [-0.3, -0.25) is 9.10 Å². The van der Waals surface area contributed by atoms with E-state index in [9.17, 15) is 13.2 Å². The summed E-state index contributed by atoms with van der Waals surface area (Å²) < 4.78 is 25.5. The van der Waals surface area contributed by atoms with E-state index in [-0.39, 0.29) is 11.9 Å². The molecule has 0 fully saturated rings. The van der Waals surface area contributed by atoms with Gasteiger partial charge < -0.3 is 10.2 Å². The normalized spacial score (nSPS) is 16.2. The van der Waals surface area contributed by atoms with Crippen molar-refractivity contribution in [1.82, 2.24) is 0 Å². The van der Waals surface area contributed by atoms with E-state index in [0.29, 0.717) is 28.4 Å². The van der Waals surface area contributed by atoms with Gasteiger partial charge in [-0.25, -0.2) is 8.42 Å². The summed E-state index contributed by atoms with van der Waals surface area (Å²) in [4.78, 5) is 14.6. The number of hydrogen-bond donors (Lipinski definition) is 1. The molecule has 1 aliphatic heterocycles. The molecule has 0 bridgehead atoms. The molecule has 1 unspecified atom stereocenters. The second kappa shape index (κ2) is 7.05. The van der Waals surface area contributed by atoms with Gasteiger partial charge >= 0.3 is 0 Å². The van der Waals surface area contributed by atoms with Crippen LogP contribution in [0.2, 0.25) is 5.02 Å². The van der Waals surface area contributed by atoms with Crippen molar-refractivity contribution in [2.45, 2.75) is 19.4 Å². The lowest BCUT2D eigenvalue weighted by atomic mass is 10.1. The van der Waals surface area contributed by atoms with Crippen molar-refractivity contribution < 1.29 is 13.2 Å². The van der Waals surface area contributed by atoms with Crippen LogP contribution in [0.3, 0.4) is 0 Å². The molecular formula is C19H22ClN3O3S. The number of rotatable bonds is 4. The van der Waals surface area contributed by atoms with Gasteiger partial charge in [0, 0.05) is 30.7 Å². The van der Waals surface area contributed by atoms with Crippen molar-refractivity contribution in [2.24, 2.45) is 0 Å². The lowest BCUT2D eigenvalue weighted by Crippen LogP contribution is -2.34. The maximum atomic E-state index is 12.8. The third kappa shape index (κ3) is 3.89. The average molecular weight is 408 g/mol. The van der Waals surface area contributed by atoms with E-state index in [1.54, 1.807) is 30.3 Å². The molecule has 0 aromatic heterocycles. The van der Waals surface area contributed by atoms with Gasteiger partial charge in [0.05, 0.1) is 23.3 Å². The molecule has 6 nitrogen and oxygen atoms in total. The quantitative estimate of drug-likeness (QED) is 0.843. The molecule has 0 spiro atoms. The van der Waals surface area contributed by atoms with Crippen molar-refractivity contribution in [3.05, 3.63) is 52.5 Å². The van der Waals surface area contributed by atoms with Crippen molar-refractivity contribution in [2.75, 3.05) is 34.9 Å². The Morgan fingerprint density at radius 3 is 2.56 bits per heavy atom. The highest BCUT2D eigenvalue weighted by molar-refractivity contribution is 7.92. The van der Waals surface area contributed by atoms with E-state index >= 15 is 0 Å². The summed E-state index contributed by atoms with van der Waals surface area (Å²) >= 11 is 6.07. The van der Waals surface area contributed by atoms with Gasteiger partial charge in [0.15, 0.2) is 0 Å². The molecule has 1 amide bonds. The van der Waals surface area contributed by atoms with Gasteiger partial charge in [0.1, 0.15) is 0 Å². The number of anilines is 3. The van der Waals surface area contributed by atoms with Crippen LogP contribution < -0.4 is 14.5 Å². The summed E-state index contributed by atoms with van der Waals surface area (Å²) in [6, 6.07) is 10.2. The second-order valence-electron chi connectivity index (χ2n) is 6.97. The first-order valence-corrected chi connectivity index (χ1v) is 10.7. The smallest absolute Gasteiger partial charge is 0.255 e. The van der Waals surface area contributed by atoms with Crippen molar-refractivity contribution in [1.29, 1.82) is 0 Å². The van der Waals surface area contributed by atoms with Crippen LogP contribution in [-0.4, -0.2) is 40.7 Å². The fraction of sp³-hybridized carbons (Fsp3) is 0.316. The third-order valence-electron chi connectivity index (χ3n) is 4.54. The highest BCUT2D eigenvalue weighted by atomic mass is 35.5. The highest BCUT2D eigenvalue weighted by Crippen LogP contribution is 2.35. The monoisotopic (exact) mass is 407 g/mol. The highest BCUT2D eigenvalue weighted by Gasteiger charge is 2.32. The number of nitrogens with zero attached hydrogens (tertiary/aromatic N) is 2. The lowest BCUT2D eigenvalue weighted by molar-refractivity contribution is 0.102. The summed E-state index contributed by atoms with van der Waals surface area (Å²) in [5, 5.41) is 3.43. The molecule has 2 aromatic carbocycles. The Morgan fingerprint density at radius 2 is 1.93 bits per heavy atom. The minimum Gasteiger partial charge on any atom is -0.376 e. The van der Waals surface area contributed by atoms with Crippen LogP contribution in [0.25, 0.3) is 0 Å². The minimum absolute atomic E-state index is 0.165. The summed E-state index contributed by atoms with van der Waals surface area (Å²) in [6.45, 7) is 1.86. The molecule has 2 aromatic rings. The Morgan fingerprint density at radius 1 is 1.22 bits per heavy atom. The van der Waals surface area contributed by atoms with E-state index < -0.39 is 10.0 Å². The molecule has 0 saturated heterocycles. The molecule has 0 aliphatic carbocycles. The fourth-order valence-electron chi connectivity index (χ4n) is 3.44. The predicted molar refractivity (Wildman–Crippen MR) is 111 cm³/mol. The molecule has 1 heterocycles. The first-order valence-electron chi connectivity index (χ1n) is 8.48. The van der Waals surface area contributed by atoms with E-state index in [4.69, 9.17) is 11.6 Å². The number of nitrogens with one attached hydrogen (secondary N) is 1. The van der Waals surface area contributed by atoms with Gasteiger partial charge in [0.25, 0.3) is 5.91 Å². The fourth-order valence-corrected chi connectivity index (χ4v) is 4.88. The number of sulfonamides is 1. The number of hydrogen-bond acceptors (Lipinski definition) is 4. The van der Waals surface area contributed by atoms with Crippen LogP contribution in [-0.2, 0) is 16.4 Å². The molecule has 1 aliphatic rings. The zero-order valence-corrected chi connectivity index (χ0v) is 17.2. The van der Waals surface area contributed by atoms with Crippen LogP contribution in [0, 0.1) is 0 Å². The SMILES string of the molecule is CC1Cc2cc(C(=O)Nc3cc(Cl)ccc3N(C)C)ccc2N1S(C)(=O)=O. The topological polar surface area (TPSA) is 69.7 Å². The van der Waals surface area contributed by atoms with Crippen LogP contribution in [0.5, 0.6) is 0 Å². The number of fused-ring (bicyclic) bond motifs is 1. The average Bonchev–Trinajstić information content (AvgIpc) is 2.89. The third-order valence-corrected chi connectivity index (χ3v) is 6.05. The zero-order chi connectivity index (χ0) is 19.9. The maximum Gasteiger partial charge on any atom is 0.255 e. The van der Waals surface area contributed by atoms with Crippen molar-refractivity contribution in [3.8, 4) is 0 Å². The lowest BCUT2D eigenvalue weighted by Gasteiger charge is -2.22. The second-order valence-corrected chi connectivity index (χ2v) is 9.26. The first kappa shape index (κ1) is 19.5. The Hall–Kier alpha value is -2.25. The summed E-state index contributed by atoms with van der Waals surface area (Å²) in [7, 11) is 0.415. The van der Waals surface area contributed by atoms with Gasteiger partial charge in [-0.05, 0) is 55.3 Å². The molecule has 27 heavy (non-hydrogen) atoms. The molecule has 1 N–H and O–H groups in total. The Kier molecular flexibility index (Phi) is 5.10. The minimum atomic E-state index is -3.35. The maximum absolute atomic E-state index is 12.8. The summed E-state index contributed by atoms with van der Waals surface area (Å²) in [5.74, 6) is -0.270.